The standard InChI is InChI=1S/C6H10O3S2/c1-3-5(4-2)6(10)9-11(7)8/h3,5H,1,4H2,2H3,(H,7,8)/p-1. The van der Waals surface area contributed by atoms with Gasteiger partial charge in [-0.25, -0.2) is 4.21 Å². The van der Waals surface area contributed by atoms with Crippen LogP contribution in [0.3, 0.4) is 0 Å². The minimum Gasteiger partial charge on any atom is -0.740 e. The lowest BCUT2D eigenvalue weighted by Crippen LogP contribution is -2.13. The van der Waals surface area contributed by atoms with Gasteiger partial charge in [0.15, 0.2) is 5.05 Å². The lowest BCUT2D eigenvalue weighted by Gasteiger charge is -2.12. The molecule has 0 saturated carbocycles. The molecule has 3 nitrogen and oxygen atoms in total. The number of hydrogen-bond donors (Lipinski definition) is 0. The Labute approximate surface area is 73.9 Å². The van der Waals surface area contributed by atoms with Crippen LogP contribution in [0.2, 0.25) is 0 Å². The summed E-state index contributed by atoms with van der Waals surface area (Å²) in [6.45, 7) is 5.36. The molecular formula is C6H9O3S2-. The lowest BCUT2D eigenvalue weighted by molar-refractivity contribution is 0.429. The van der Waals surface area contributed by atoms with E-state index in [4.69, 9.17) is 0 Å². The largest absolute Gasteiger partial charge is 0.740 e. The molecule has 0 spiro atoms. The predicted molar refractivity (Wildman–Crippen MR) is 46.6 cm³/mol. The summed E-state index contributed by atoms with van der Waals surface area (Å²) in [5, 5.41) is 0.0517. The van der Waals surface area contributed by atoms with E-state index in [-0.39, 0.29) is 11.0 Å². The van der Waals surface area contributed by atoms with Crippen LogP contribution < -0.4 is 0 Å². The average Bonchev–Trinajstić information content (AvgIpc) is 1.88. The van der Waals surface area contributed by atoms with Crippen molar-refractivity contribution in [2.45, 2.75) is 13.3 Å². The van der Waals surface area contributed by atoms with Crippen molar-refractivity contribution in [3.05, 3.63) is 12.7 Å². The van der Waals surface area contributed by atoms with Gasteiger partial charge in [-0.05, 0) is 18.6 Å². The number of thiocarbonyl (C=S) groups is 1. The predicted octanol–water partition coefficient (Wildman–Crippen LogP) is 1.34. The molecule has 0 fully saturated rings. The van der Waals surface area contributed by atoms with E-state index in [1.54, 1.807) is 6.08 Å². The molecular weight excluding hydrogens is 184 g/mol. The minimum absolute atomic E-state index is 0.0517. The summed E-state index contributed by atoms with van der Waals surface area (Å²) in [4.78, 5) is 0. The smallest absolute Gasteiger partial charge is 0.185 e. The maximum Gasteiger partial charge on any atom is 0.185 e. The second kappa shape index (κ2) is 5.40. The molecule has 0 saturated heterocycles. The van der Waals surface area contributed by atoms with Crippen molar-refractivity contribution in [1.29, 1.82) is 0 Å². The summed E-state index contributed by atoms with van der Waals surface area (Å²) in [6, 6.07) is 0. The minimum atomic E-state index is -2.56. The molecule has 2 atom stereocenters. The van der Waals surface area contributed by atoms with Crippen molar-refractivity contribution in [1.82, 2.24) is 0 Å². The van der Waals surface area contributed by atoms with Crippen LogP contribution in [-0.4, -0.2) is 13.8 Å². The van der Waals surface area contributed by atoms with Crippen molar-refractivity contribution in [3.8, 4) is 0 Å². The fourth-order valence-corrected chi connectivity index (χ4v) is 1.25. The first-order valence-electron chi connectivity index (χ1n) is 3.05. The van der Waals surface area contributed by atoms with Gasteiger partial charge in [-0.2, -0.15) is 0 Å². The molecule has 0 aromatic rings. The molecule has 0 aliphatic rings. The fourth-order valence-electron chi connectivity index (χ4n) is 0.558. The van der Waals surface area contributed by atoms with Gasteiger partial charge in [0.2, 0.25) is 0 Å². The molecule has 2 unspecified atom stereocenters. The Kier molecular flexibility index (Phi) is 5.27. The maximum atomic E-state index is 10.0. The first-order chi connectivity index (χ1) is 5.11. The Balaban J connectivity index is 3.99. The summed E-state index contributed by atoms with van der Waals surface area (Å²) >= 11 is 2.11. The van der Waals surface area contributed by atoms with Crippen LogP contribution in [0.25, 0.3) is 0 Å². The van der Waals surface area contributed by atoms with Gasteiger partial charge in [0, 0.05) is 5.92 Å². The van der Waals surface area contributed by atoms with Crippen LogP contribution in [0, 0.1) is 5.92 Å². The first kappa shape index (κ1) is 10.7. The first-order valence-corrected chi connectivity index (χ1v) is 4.46. The lowest BCUT2D eigenvalue weighted by atomic mass is 10.1. The third-order valence-electron chi connectivity index (χ3n) is 1.18. The van der Waals surface area contributed by atoms with Gasteiger partial charge < -0.3 is 8.74 Å². The highest BCUT2D eigenvalue weighted by molar-refractivity contribution is 7.82. The van der Waals surface area contributed by atoms with E-state index in [2.05, 4.69) is 23.0 Å². The highest BCUT2D eigenvalue weighted by Gasteiger charge is 2.09. The summed E-state index contributed by atoms with van der Waals surface area (Å²) in [6.07, 6.45) is 2.26. The van der Waals surface area contributed by atoms with Crippen molar-refractivity contribution in [2.24, 2.45) is 5.92 Å². The van der Waals surface area contributed by atoms with E-state index in [1.807, 2.05) is 6.92 Å². The highest BCUT2D eigenvalue weighted by atomic mass is 32.2. The monoisotopic (exact) mass is 193 g/mol. The second-order valence-electron chi connectivity index (χ2n) is 1.86. The van der Waals surface area contributed by atoms with Crippen LogP contribution in [0.15, 0.2) is 12.7 Å². The zero-order chi connectivity index (χ0) is 8.85. The molecule has 11 heavy (non-hydrogen) atoms. The Bertz CT molecular complexity index is 179. The fraction of sp³-hybridized carbons (Fsp3) is 0.500. The van der Waals surface area contributed by atoms with Crippen LogP contribution in [-0.2, 0) is 15.5 Å². The summed E-state index contributed by atoms with van der Waals surface area (Å²) < 4.78 is 24.3. The molecule has 5 heteroatoms. The summed E-state index contributed by atoms with van der Waals surface area (Å²) in [5.41, 5.74) is 0. The molecule has 64 valence electrons. The molecule has 0 heterocycles. The van der Waals surface area contributed by atoms with Gasteiger partial charge in [0.25, 0.3) is 0 Å². The topological polar surface area (TPSA) is 49.4 Å². The van der Waals surface area contributed by atoms with Crippen molar-refractivity contribution in [3.63, 3.8) is 0 Å². The number of hydrogen-bond acceptors (Lipinski definition) is 4. The van der Waals surface area contributed by atoms with Crippen LogP contribution in [0.4, 0.5) is 0 Å². The molecule has 0 rings (SSSR count). The van der Waals surface area contributed by atoms with Gasteiger partial charge in [0.05, 0.1) is 0 Å². The maximum absolute atomic E-state index is 10.0. The molecule has 0 amide bonds. The molecule has 0 N–H and O–H groups in total. The van der Waals surface area contributed by atoms with E-state index < -0.39 is 11.4 Å². The van der Waals surface area contributed by atoms with Crippen LogP contribution in [0.1, 0.15) is 13.3 Å². The zero-order valence-corrected chi connectivity index (χ0v) is 7.74. The quantitative estimate of drug-likeness (QED) is 0.384. The van der Waals surface area contributed by atoms with Crippen molar-refractivity contribution in [2.75, 3.05) is 0 Å². The molecule has 0 aliphatic carbocycles. The van der Waals surface area contributed by atoms with Gasteiger partial charge >= 0.3 is 0 Å². The van der Waals surface area contributed by atoms with E-state index >= 15 is 0 Å². The highest BCUT2D eigenvalue weighted by Crippen LogP contribution is 2.08. The summed E-state index contributed by atoms with van der Waals surface area (Å²) in [7, 11) is 0. The molecule has 0 aromatic heterocycles. The average molecular weight is 193 g/mol. The Morgan fingerprint density at radius 2 is 2.55 bits per heavy atom. The van der Waals surface area contributed by atoms with E-state index in [9.17, 15) is 8.76 Å². The van der Waals surface area contributed by atoms with Crippen LogP contribution in [0.5, 0.6) is 0 Å². The normalized spacial score (nSPS) is 15.1. The Morgan fingerprint density at radius 3 is 2.82 bits per heavy atom. The van der Waals surface area contributed by atoms with Crippen LogP contribution >= 0.6 is 12.2 Å². The summed E-state index contributed by atoms with van der Waals surface area (Å²) in [5.74, 6) is -0.164. The molecule has 0 aliphatic heterocycles. The molecule has 0 radical (unpaired) electrons. The van der Waals surface area contributed by atoms with E-state index in [1.165, 1.54) is 0 Å². The third kappa shape index (κ3) is 4.23. The number of rotatable bonds is 4. The molecule has 0 bridgehead atoms. The van der Waals surface area contributed by atoms with Crippen molar-refractivity contribution >= 4 is 28.6 Å². The third-order valence-corrected chi connectivity index (χ3v) is 1.98. The van der Waals surface area contributed by atoms with Gasteiger partial charge in [0.1, 0.15) is 11.4 Å². The van der Waals surface area contributed by atoms with Gasteiger partial charge in [-0.3, -0.25) is 0 Å². The molecule has 0 aromatic carbocycles. The van der Waals surface area contributed by atoms with Gasteiger partial charge in [-0.1, -0.05) is 13.0 Å². The Morgan fingerprint density at radius 1 is 2.00 bits per heavy atom. The Hall–Kier alpha value is -0.260. The van der Waals surface area contributed by atoms with Gasteiger partial charge in [-0.15, -0.1) is 6.58 Å². The second-order valence-corrected chi connectivity index (χ2v) is 2.83. The van der Waals surface area contributed by atoms with Crippen molar-refractivity contribution < 1.29 is 12.9 Å². The SMILES string of the molecule is C=CC(CC)C(=S)OS(=O)[O-]. The van der Waals surface area contributed by atoms with E-state index in [0.717, 1.165) is 0 Å². The zero-order valence-electron chi connectivity index (χ0n) is 6.11. The van der Waals surface area contributed by atoms with E-state index in [0.29, 0.717) is 6.42 Å².